The van der Waals surface area contributed by atoms with Gasteiger partial charge < -0.3 is 57.4 Å². The standard InChI is InChI=1S/C31H50O5.C29H45NO4.C27H40O5.C18H24O5/c1-5-7-8-9-10-11-12-13-14-15-16-17-24-34-28-21-18-27(19-22-28)20-23-29(32)35-25-26-36-30(33)31(3,4)6-2;1-5-7-8-9-10-11-22-33-25-17-12-23(13-18-25)14-21-27(31)34-26-19-15-24(16-20-26)30-28(32)29(3,4)6-2;1-5-7-8-9-20-30-22-13-10-21(11-14-22)12-19-25(28)31-23-15-17-24(18-16-23)32-26(29)27(3,4)6-2;1-5-18(2,3)17(20)23-13-12-22-16(19)11-8-14-6-9-15(21-4)10-7-14/h18-23H,5-17,24-26H2,1-4H3;12-14,17-18,21,24,26H,5-11,15-16,19-20,22H2,1-4H3,(H,30,32);10-14,19,23-24H,5-9,15-18,20H2,1-4H3;6-11H,5,12-13H2,1-4H3/b23-20+;21-14+;19-12+;11-8+. The summed E-state index contributed by atoms with van der Waals surface area (Å²) in [6.07, 6.45) is 49.6. The lowest BCUT2D eigenvalue weighted by Gasteiger charge is -2.31. The van der Waals surface area contributed by atoms with Crippen molar-refractivity contribution in [2.45, 2.75) is 347 Å². The highest BCUT2D eigenvalue weighted by molar-refractivity contribution is 5.89. The molecule has 2 fully saturated rings. The topological polar surface area (TPSA) is 250 Å². The first kappa shape index (κ1) is 110. The van der Waals surface area contributed by atoms with E-state index in [-0.39, 0.29) is 91.9 Å². The summed E-state index contributed by atoms with van der Waals surface area (Å²) in [6.45, 7) is 32.1. The number of hydrogen-bond acceptors (Lipinski definition) is 19. The van der Waals surface area contributed by atoms with Crippen LogP contribution < -0.4 is 24.3 Å². The number of nitrogens with one attached hydrogen (secondary N) is 1. The fraction of sp³-hybridized carbons (Fsp3) is 0.619. The van der Waals surface area contributed by atoms with E-state index >= 15 is 0 Å². The predicted molar refractivity (Wildman–Crippen MR) is 502 cm³/mol. The van der Waals surface area contributed by atoms with E-state index in [9.17, 15) is 38.4 Å². The number of carbonyl (C=O) groups excluding carboxylic acids is 8. The number of unbranched alkanes of at least 4 members (excludes halogenated alkanes) is 19. The minimum Gasteiger partial charge on any atom is -0.497 e. The minimum absolute atomic E-state index is 0.0390. The molecule has 2 saturated carbocycles. The first-order chi connectivity index (χ1) is 59.9. The molecule has 0 spiro atoms. The van der Waals surface area contributed by atoms with E-state index in [2.05, 4.69) is 26.1 Å². The van der Waals surface area contributed by atoms with Gasteiger partial charge >= 0.3 is 41.8 Å². The van der Waals surface area contributed by atoms with Crippen LogP contribution in [0.15, 0.2) is 121 Å². The van der Waals surface area contributed by atoms with Gasteiger partial charge in [0.1, 0.15) is 67.7 Å². The molecule has 0 aromatic heterocycles. The van der Waals surface area contributed by atoms with Crippen LogP contribution in [0.1, 0.15) is 344 Å². The van der Waals surface area contributed by atoms with Crippen molar-refractivity contribution in [1.82, 2.24) is 5.32 Å². The fourth-order valence-electron chi connectivity index (χ4n) is 12.6. The van der Waals surface area contributed by atoms with Gasteiger partial charge in [-0.2, -0.15) is 0 Å². The summed E-state index contributed by atoms with van der Waals surface area (Å²) >= 11 is 0. The fourth-order valence-corrected chi connectivity index (χ4v) is 12.6. The first-order valence-electron chi connectivity index (χ1n) is 47.1. The lowest BCUT2D eigenvalue weighted by molar-refractivity contribution is -0.164. The summed E-state index contributed by atoms with van der Waals surface area (Å²) in [4.78, 5) is 96.0. The minimum atomic E-state index is -0.521. The van der Waals surface area contributed by atoms with Gasteiger partial charge in [-0.1, -0.05) is 233 Å². The Kier molecular flexibility index (Phi) is 56.8. The van der Waals surface area contributed by atoms with Crippen molar-refractivity contribution in [2.24, 2.45) is 21.7 Å². The molecule has 2 aliphatic carbocycles. The third kappa shape index (κ3) is 50.7. The molecule has 0 atom stereocenters. The van der Waals surface area contributed by atoms with Crippen LogP contribution in [0.2, 0.25) is 0 Å². The number of hydrogen-bond donors (Lipinski definition) is 1. The van der Waals surface area contributed by atoms with Crippen molar-refractivity contribution in [2.75, 3.05) is 53.4 Å². The number of methoxy groups -OCH3 is 1. The summed E-state index contributed by atoms with van der Waals surface area (Å²) in [6, 6.07) is 30.6. The Morgan fingerprint density at radius 3 is 0.856 bits per heavy atom. The second-order valence-electron chi connectivity index (χ2n) is 35.3. The third-order valence-electron chi connectivity index (χ3n) is 23.1. The van der Waals surface area contributed by atoms with Gasteiger partial charge in [0.2, 0.25) is 5.91 Å². The lowest BCUT2D eigenvalue weighted by atomic mass is 9.87. The van der Waals surface area contributed by atoms with Gasteiger partial charge in [0.05, 0.1) is 43.2 Å². The van der Waals surface area contributed by atoms with Crippen LogP contribution in [0.25, 0.3) is 24.3 Å². The molecule has 4 aromatic rings. The summed E-state index contributed by atoms with van der Waals surface area (Å²) in [5.41, 5.74) is 1.78. The number of ether oxygens (including phenoxy) is 11. The summed E-state index contributed by atoms with van der Waals surface area (Å²) < 4.78 is 59.6. The average Bonchev–Trinajstić information content (AvgIpc) is 0.862. The van der Waals surface area contributed by atoms with E-state index in [1.54, 1.807) is 43.5 Å². The Labute approximate surface area is 752 Å². The monoisotopic (exact) mass is 1740 g/mol. The van der Waals surface area contributed by atoms with Crippen LogP contribution in [-0.4, -0.2) is 125 Å². The van der Waals surface area contributed by atoms with E-state index in [4.69, 9.17) is 52.1 Å². The number of rotatable bonds is 55. The van der Waals surface area contributed by atoms with E-state index in [0.29, 0.717) is 25.7 Å². The third-order valence-corrected chi connectivity index (χ3v) is 23.1. The molecule has 2 aliphatic rings. The molecular weight excluding hydrogens is 1580 g/mol. The van der Waals surface area contributed by atoms with Crippen molar-refractivity contribution in [1.29, 1.82) is 0 Å². The van der Waals surface area contributed by atoms with Crippen LogP contribution in [-0.2, 0) is 71.5 Å². The zero-order chi connectivity index (χ0) is 92.0. The van der Waals surface area contributed by atoms with Crippen molar-refractivity contribution in [3.05, 3.63) is 144 Å². The van der Waals surface area contributed by atoms with Crippen LogP contribution in [0.3, 0.4) is 0 Å². The summed E-state index contributed by atoms with van der Waals surface area (Å²) in [5, 5.41) is 3.16. The molecular formula is C105H159NO19. The number of esters is 7. The zero-order valence-electron chi connectivity index (χ0n) is 79.4. The number of amides is 1. The van der Waals surface area contributed by atoms with Crippen LogP contribution in [0.4, 0.5) is 0 Å². The Balaban J connectivity index is 0.000000435. The summed E-state index contributed by atoms with van der Waals surface area (Å²) in [5.74, 6) is 1.10. The second kappa shape index (κ2) is 64.5. The Morgan fingerprint density at radius 2 is 0.552 bits per heavy atom. The Morgan fingerprint density at radius 1 is 0.296 bits per heavy atom. The molecule has 0 heterocycles. The van der Waals surface area contributed by atoms with Crippen LogP contribution in [0.5, 0.6) is 23.0 Å². The molecule has 20 nitrogen and oxygen atoms in total. The number of benzene rings is 4. The maximum Gasteiger partial charge on any atom is 0.331 e. The van der Waals surface area contributed by atoms with E-state index < -0.39 is 28.2 Å². The van der Waals surface area contributed by atoms with E-state index in [0.717, 1.165) is 136 Å². The molecule has 0 saturated heterocycles. The zero-order valence-corrected chi connectivity index (χ0v) is 79.4. The van der Waals surface area contributed by atoms with E-state index in [1.165, 1.54) is 146 Å². The maximum absolute atomic E-state index is 12.4. The molecule has 1 N–H and O–H groups in total. The van der Waals surface area contributed by atoms with Crippen LogP contribution >= 0.6 is 0 Å². The SMILES string of the molecule is CCC(C)(C)C(=O)OCCOC(=O)/C=C/c1ccc(OC)cc1.CCCCCCCCCCCCCCOc1ccc(/C=C/C(=O)OCCOC(=O)C(C)(C)CC)cc1.CCCCCCCCOc1ccc(/C=C/C(=O)OC2CCC(NC(=O)C(C)(C)CC)CC2)cc1.CCCCCCOc1ccc(/C=C/C(=O)OC2CCC(OC(=O)C(C)(C)CC)CC2)cc1. The smallest absolute Gasteiger partial charge is 0.331 e. The molecule has 0 aliphatic heterocycles. The predicted octanol–water partition coefficient (Wildman–Crippen LogP) is 24.9. The molecule has 6 rings (SSSR count). The highest BCUT2D eigenvalue weighted by Gasteiger charge is 2.34. The van der Waals surface area contributed by atoms with Crippen molar-refractivity contribution in [3.63, 3.8) is 0 Å². The Hall–Kier alpha value is -9.20. The van der Waals surface area contributed by atoms with Crippen molar-refractivity contribution in [3.8, 4) is 23.0 Å². The van der Waals surface area contributed by atoms with Gasteiger partial charge in [0.15, 0.2) is 0 Å². The lowest BCUT2D eigenvalue weighted by Crippen LogP contribution is -2.45. The average molecular weight is 1740 g/mol. The van der Waals surface area contributed by atoms with E-state index in [1.807, 2.05) is 168 Å². The van der Waals surface area contributed by atoms with Gasteiger partial charge in [-0.3, -0.25) is 19.2 Å². The van der Waals surface area contributed by atoms with Gasteiger partial charge in [-0.05, 0) is 233 Å². The second-order valence-corrected chi connectivity index (χ2v) is 35.3. The highest BCUT2D eigenvalue weighted by atomic mass is 16.6. The largest absolute Gasteiger partial charge is 0.497 e. The molecule has 4 aromatic carbocycles. The van der Waals surface area contributed by atoms with Crippen molar-refractivity contribution >= 4 is 72.0 Å². The number of carbonyl (C=O) groups is 8. The molecule has 698 valence electrons. The van der Waals surface area contributed by atoms with Gasteiger partial charge in [0, 0.05) is 35.8 Å². The first-order valence-corrected chi connectivity index (χ1v) is 47.1. The molecule has 1 amide bonds. The quantitative estimate of drug-likeness (QED) is 0.0187. The highest BCUT2D eigenvalue weighted by Crippen LogP contribution is 2.31. The molecule has 125 heavy (non-hydrogen) atoms. The van der Waals surface area contributed by atoms with Gasteiger partial charge in [-0.15, -0.1) is 0 Å². The maximum atomic E-state index is 12.4. The molecule has 20 heteroatoms. The van der Waals surface area contributed by atoms with Gasteiger partial charge in [-0.25, -0.2) is 19.2 Å². The van der Waals surface area contributed by atoms with Crippen LogP contribution in [0, 0.1) is 21.7 Å². The Bertz CT molecular complexity index is 3740. The normalized spacial score (nSPS) is 15.3. The van der Waals surface area contributed by atoms with Gasteiger partial charge in [0.25, 0.3) is 0 Å². The molecule has 0 radical (unpaired) electrons. The van der Waals surface area contributed by atoms with Crippen molar-refractivity contribution < 1.29 is 90.5 Å². The molecule has 0 unspecified atom stereocenters. The molecule has 0 bridgehead atoms. The summed E-state index contributed by atoms with van der Waals surface area (Å²) in [7, 11) is 1.59.